The van der Waals surface area contributed by atoms with Crippen molar-refractivity contribution >= 4 is 0 Å². The summed E-state index contributed by atoms with van der Waals surface area (Å²) in [7, 11) is 0. The van der Waals surface area contributed by atoms with Crippen LogP contribution in [0, 0.1) is 0 Å². The van der Waals surface area contributed by atoms with Gasteiger partial charge in [0.2, 0.25) is 0 Å². The summed E-state index contributed by atoms with van der Waals surface area (Å²) < 4.78 is 0. The molecule has 0 saturated carbocycles. The van der Waals surface area contributed by atoms with E-state index >= 15 is 0 Å². The first kappa shape index (κ1) is 11.0. The van der Waals surface area contributed by atoms with E-state index in [9.17, 15) is 5.11 Å². The topological polar surface area (TPSA) is 49.5 Å². The first-order valence-electron chi connectivity index (χ1n) is 5.29. The van der Waals surface area contributed by atoms with Crippen LogP contribution in [0.25, 0.3) is 0 Å². The molecule has 13 heavy (non-hydrogen) atoms. The van der Waals surface area contributed by atoms with E-state index in [0.717, 1.165) is 6.54 Å². The first-order chi connectivity index (χ1) is 6.15. The lowest BCUT2D eigenvalue weighted by Gasteiger charge is -2.39. The molecule has 0 bridgehead atoms. The molecule has 3 atom stereocenters. The number of rotatable bonds is 3. The van der Waals surface area contributed by atoms with Crippen molar-refractivity contribution in [1.82, 2.24) is 4.90 Å². The van der Waals surface area contributed by atoms with Crippen molar-refractivity contribution in [3.05, 3.63) is 0 Å². The van der Waals surface area contributed by atoms with Crippen molar-refractivity contribution in [2.24, 2.45) is 5.73 Å². The fourth-order valence-corrected chi connectivity index (χ4v) is 2.15. The summed E-state index contributed by atoms with van der Waals surface area (Å²) in [5, 5.41) is 9.48. The summed E-state index contributed by atoms with van der Waals surface area (Å²) in [6.45, 7) is 5.58. The van der Waals surface area contributed by atoms with E-state index in [2.05, 4.69) is 18.7 Å². The van der Waals surface area contributed by atoms with Crippen LogP contribution in [-0.2, 0) is 0 Å². The molecule has 3 N–H and O–H groups in total. The normalized spacial score (nSPS) is 33.2. The van der Waals surface area contributed by atoms with Gasteiger partial charge in [0.15, 0.2) is 0 Å². The number of likely N-dealkylation sites (tertiary alicyclic amines) is 1. The molecule has 0 aromatic carbocycles. The van der Waals surface area contributed by atoms with Gasteiger partial charge in [-0.3, -0.25) is 4.90 Å². The predicted octanol–water partition coefficient (Wildman–Crippen LogP) is 0.569. The molecule has 1 saturated heterocycles. The minimum Gasteiger partial charge on any atom is -0.390 e. The number of aliphatic hydroxyl groups is 1. The van der Waals surface area contributed by atoms with Gasteiger partial charge in [-0.15, -0.1) is 0 Å². The second-order valence-electron chi connectivity index (χ2n) is 4.22. The summed E-state index contributed by atoms with van der Waals surface area (Å²) in [6, 6.07) is 1.20. The van der Waals surface area contributed by atoms with Crippen molar-refractivity contribution in [3.63, 3.8) is 0 Å². The third-order valence-corrected chi connectivity index (χ3v) is 3.07. The van der Waals surface area contributed by atoms with Gasteiger partial charge in [-0.2, -0.15) is 0 Å². The van der Waals surface area contributed by atoms with Crippen molar-refractivity contribution < 1.29 is 5.11 Å². The molecule has 3 nitrogen and oxygen atoms in total. The largest absolute Gasteiger partial charge is 0.390 e. The minimum atomic E-state index is -0.358. The Kier molecular flexibility index (Phi) is 4.16. The smallest absolute Gasteiger partial charge is 0.0789 e. The van der Waals surface area contributed by atoms with Crippen LogP contribution in [0.1, 0.15) is 33.1 Å². The van der Waals surface area contributed by atoms with Crippen molar-refractivity contribution in [1.29, 1.82) is 0 Å². The highest BCUT2D eigenvalue weighted by Gasteiger charge is 2.25. The average Bonchev–Trinajstić information content (AvgIpc) is 2.11. The number of hydrogen-bond donors (Lipinski definition) is 2. The molecule has 0 amide bonds. The summed E-state index contributed by atoms with van der Waals surface area (Å²) in [5.74, 6) is 0. The molecule has 1 aliphatic heterocycles. The van der Waals surface area contributed by atoms with Crippen LogP contribution in [0.15, 0.2) is 0 Å². The van der Waals surface area contributed by atoms with Gasteiger partial charge in [0.05, 0.1) is 6.10 Å². The van der Waals surface area contributed by atoms with Gasteiger partial charge in [0, 0.05) is 25.2 Å². The standard InChI is InChI=1S/C10H22N2O/c1-8-4-3-5-9(2)12(8)7-10(13)6-11/h8-10,13H,3-7,11H2,1-2H3/t8-,9+,10?. The molecule has 3 heteroatoms. The van der Waals surface area contributed by atoms with Gasteiger partial charge >= 0.3 is 0 Å². The quantitative estimate of drug-likeness (QED) is 0.677. The monoisotopic (exact) mass is 186 g/mol. The Morgan fingerprint density at radius 3 is 2.38 bits per heavy atom. The fourth-order valence-electron chi connectivity index (χ4n) is 2.15. The summed E-state index contributed by atoms with van der Waals surface area (Å²) >= 11 is 0. The zero-order valence-electron chi connectivity index (χ0n) is 8.74. The molecular weight excluding hydrogens is 164 g/mol. The Balaban J connectivity index is 2.43. The highest BCUT2D eigenvalue weighted by molar-refractivity contribution is 4.81. The minimum absolute atomic E-state index is 0.358. The number of aliphatic hydroxyl groups excluding tert-OH is 1. The Labute approximate surface area is 80.9 Å². The van der Waals surface area contributed by atoms with Crippen LogP contribution in [0.3, 0.4) is 0 Å². The number of nitrogens with zero attached hydrogens (tertiary/aromatic N) is 1. The van der Waals surface area contributed by atoms with Crippen LogP contribution in [0.5, 0.6) is 0 Å². The Hall–Kier alpha value is -0.120. The van der Waals surface area contributed by atoms with E-state index in [-0.39, 0.29) is 6.10 Å². The maximum Gasteiger partial charge on any atom is 0.0789 e. The van der Waals surface area contributed by atoms with Gasteiger partial charge < -0.3 is 10.8 Å². The van der Waals surface area contributed by atoms with E-state index in [1.165, 1.54) is 19.3 Å². The van der Waals surface area contributed by atoms with E-state index in [1.54, 1.807) is 0 Å². The summed E-state index contributed by atoms with van der Waals surface area (Å²) in [4.78, 5) is 2.38. The number of nitrogens with two attached hydrogens (primary N) is 1. The lowest BCUT2D eigenvalue weighted by atomic mass is 9.97. The van der Waals surface area contributed by atoms with Crippen molar-refractivity contribution in [2.45, 2.75) is 51.3 Å². The molecule has 1 unspecified atom stereocenters. The van der Waals surface area contributed by atoms with Crippen LogP contribution in [-0.4, -0.2) is 41.3 Å². The molecular formula is C10H22N2O. The van der Waals surface area contributed by atoms with Gasteiger partial charge in [-0.05, 0) is 26.7 Å². The lowest BCUT2D eigenvalue weighted by molar-refractivity contribution is 0.0452. The molecule has 0 aromatic rings. The van der Waals surface area contributed by atoms with Crippen LogP contribution < -0.4 is 5.73 Å². The second-order valence-corrected chi connectivity index (χ2v) is 4.22. The third-order valence-electron chi connectivity index (χ3n) is 3.07. The van der Waals surface area contributed by atoms with E-state index in [1.807, 2.05) is 0 Å². The van der Waals surface area contributed by atoms with Gasteiger partial charge in [0.25, 0.3) is 0 Å². The molecule has 0 aromatic heterocycles. The summed E-state index contributed by atoms with van der Waals surface area (Å²) in [5.41, 5.74) is 5.40. The number of hydrogen-bond acceptors (Lipinski definition) is 3. The maximum absolute atomic E-state index is 9.48. The maximum atomic E-state index is 9.48. The molecule has 78 valence electrons. The van der Waals surface area contributed by atoms with Crippen LogP contribution in [0.2, 0.25) is 0 Å². The zero-order chi connectivity index (χ0) is 9.84. The van der Waals surface area contributed by atoms with E-state index in [0.29, 0.717) is 18.6 Å². The highest BCUT2D eigenvalue weighted by atomic mass is 16.3. The lowest BCUT2D eigenvalue weighted by Crippen LogP contribution is -2.48. The molecule has 1 rings (SSSR count). The Morgan fingerprint density at radius 2 is 1.92 bits per heavy atom. The fraction of sp³-hybridized carbons (Fsp3) is 1.00. The third kappa shape index (κ3) is 2.93. The molecule has 1 heterocycles. The van der Waals surface area contributed by atoms with E-state index in [4.69, 9.17) is 5.73 Å². The first-order valence-corrected chi connectivity index (χ1v) is 5.29. The molecule has 0 spiro atoms. The van der Waals surface area contributed by atoms with Crippen LogP contribution >= 0.6 is 0 Å². The summed E-state index contributed by atoms with van der Waals surface area (Å²) in [6.07, 6.45) is 3.46. The average molecular weight is 186 g/mol. The predicted molar refractivity (Wildman–Crippen MR) is 54.5 cm³/mol. The second kappa shape index (κ2) is 4.94. The highest BCUT2D eigenvalue weighted by Crippen LogP contribution is 2.22. The van der Waals surface area contributed by atoms with Gasteiger partial charge in [-0.1, -0.05) is 6.42 Å². The zero-order valence-corrected chi connectivity index (χ0v) is 8.74. The molecule has 1 aliphatic rings. The SMILES string of the molecule is C[C@@H]1CCC[C@H](C)N1CC(O)CN. The van der Waals surface area contributed by atoms with Gasteiger partial charge in [-0.25, -0.2) is 0 Å². The molecule has 1 fully saturated rings. The van der Waals surface area contributed by atoms with Crippen LogP contribution in [0.4, 0.5) is 0 Å². The number of β-amino-alcohol motifs (C(OH)–C–C–N with tert-alkyl or cyclic N) is 1. The number of piperidine rings is 1. The Bertz CT molecular complexity index is 142. The Morgan fingerprint density at radius 1 is 1.38 bits per heavy atom. The molecule has 0 radical (unpaired) electrons. The van der Waals surface area contributed by atoms with Crippen molar-refractivity contribution in [2.75, 3.05) is 13.1 Å². The van der Waals surface area contributed by atoms with Gasteiger partial charge in [0.1, 0.15) is 0 Å². The van der Waals surface area contributed by atoms with E-state index < -0.39 is 0 Å². The van der Waals surface area contributed by atoms with Crippen molar-refractivity contribution in [3.8, 4) is 0 Å². The molecule has 0 aliphatic carbocycles.